The van der Waals surface area contributed by atoms with Crippen LogP contribution in [0.1, 0.15) is 50.5 Å². The molecule has 0 unspecified atom stereocenters. The summed E-state index contributed by atoms with van der Waals surface area (Å²) in [5.74, 6) is -0.341. The lowest BCUT2D eigenvalue weighted by molar-refractivity contribution is -0.138. The first kappa shape index (κ1) is 23.7. The molecule has 0 amide bonds. The zero-order chi connectivity index (χ0) is 22.0. The number of ketones is 1. The van der Waals surface area contributed by atoms with Crippen molar-refractivity contribution in [3.63, 3.8) is 0 Å². The molecular formula is C23H27F3O4. The van der Waals surface area contributed by atoms with E-state index in [0.717, 1.165) is 44.2 Å². The number of allylic oxidation sites excluding steroid dienone is 3. The monoisotopic (exact) mass is 424 g/mol. The van der Waals surface area contributed by atoms with Crippen molar-refractivity contribution in [2.75, 3.05) is 6.61 Å². The fourth-order valence-corrected chi connectivity index (χ4v) is 3.57. The average Bonchev–Trinajstić information content (AvgIpc) is 3.14. The van der Waals surface area contributed by atoms with Gasteiger partial charge in [0, 0.05) is 6.42 Å². The molecule has 2 atom stereocenters. The summed E-state index contributed by atoms with van der Waals surface area (Å²) in [6.45, 7) is -0.307. The van der Waals surface area contributed by atoms with Crippen molar-refractivity contribution < 1.29 is 32.6 Å². The quantitative estimate of drug-likeness (QED) is 0.276. The summed E-state index contributed by atoms with van der Waals surface area (Å²) in [5, 5.41) is 8.62. The second kappa shape index (κ2) is 11.6. The molecular weight excluding hydrogens is 397 g/mol. The number of alkyl halides is 3. The van der Waals surface area contributed by atoms with E-state index in [2.05, 4.69) is 6.08 Å². The van der Waals surface area contributed by atoms with Gasteiger partial charge in [0.2, 0.25) is 0 Å². The highest BCUT2D eigenvalue weighted by atomic mass is 19.4. The van der Waals surface area contributed by atoms with Gasteiger partial charge in [-0.2, -0.15) is 13.2 Å². The third-order valence-corrected chi connectivity index (χ3v) is 5.16. The molecule has 7 heteroatoms. The van der Waals surface area contributed by atoms with Gasteiger partial charge in [-0.3, -0.25) is 9.59 Å². The van der Waals surface area contributed by atoms with E-state index >= 15 is 0 Å². The number of ether oxygens (including phenoxy) is 1. The lowest BCUT2D eigenvalue weighted by Crippen LogP contribution is -2.11. The van der Waals surface area contributed by atoms with Crippen molar-refractivity contribution in [1.82, 2.24) is 0 Å². The Kier molecular flexibility index (Phi) is 9.15. The number of halogens is 3. The first-order valence-corrected chi connectivity index (χ1v) is 10.1. The van der Waals surface area contributed by atoms with Crippen LogP contribution < -0.4 is 4.74 Å². The molecule has 1 aliphatic rings. The average molecular weight is 424 g/mol. The fraction of sp³-hybridized carbons (Fsp3) is 0.478. The van der Waals surface area contributed by atoms with E-state index in [1.807, 2.05) is 12.2 Å². The fourth-order valence-electron chi connectivity index (χ4n) is 3.57. The first-order valence-electron chi connectivity index (χ1n) is 10.1. The minimum Gasteiger partial charge on any atom is -0.485 e. The van der Waals surface area contributed by atoms with E-state index in [1.54, 1.807) is 0 Å². The Morgan fingerprint density at radius 2 is 2.00 bits per heavy atom. The number of benzene rings is 1. The lowest BCUT2D eigenvalue weighted by atomic mass is 9.92. The maximum Gasteiger partial charge on any atom is 0.416 e. The number of carbonyl (C=O) groups excluding carboxylic acids is 1. The van der Waals surface area contributed by atoms with Crippen LogP contribution in [0.15, 0.2) is 48.6 Å². The molecule has 164 valence electrons. The Morgan fingerprint density at radius 1 is 1.20 bits per heavy atom. The van der Waals surface area contributed by atoms with Gasteiger partial charge < -0.3 is 9.84 Å². The maximum atomic E-state index is 12.7. The van der Waals surface area contributed by atoms with Crippen LogP contribution in [0.2, 0.25) is 0 Å². The molecule has 0 aliphatic heterocycles. The van der Waals surface area contributed by atoms with E-state index in [-0.39, 0.29) is 30.5 Å². The molecule has 1 saturated carbocycles. The largest absolute Gasteiger partial charge is 0.485 e. The second-order valence-electron chi connectivity index (χ2n) is 7.49. The predicted octanol–water partition coefficient (Wildman–Crippen LogP) is 5.83. The van der Waals surface area contributed by atoms with E-state index in [9.17, 15) is 22.8 Å². The van der Waals surface area contributed by atoms with Crippen molar-refractivity contribution >= 4 is 11.8 Å². The van der Waals surface area contributed by atoms with E-state index in [0.29, 0.717) is 12.3 Å². The topological polar surface area (TPSA) is 63.6 Å². The molecule has 1 aromatic carbocycles. The highest BCUT2D eigenvalue weighted by molar-refractivity contribution is 5.90. The third kappa shape index (κ3) is 8.43. The number of hydrogen-bond acceptors (Lipinski definition) is 3. The van der Waals surface area contributed by atoms with Gasteiger partial charge in [0.05, 0.1) is 5.56 Å². The van der Waals surface area contributed by atoms with Crippen molar-refractivity contribution in [1.29, 1.82) is 0 Å². The van der Waals surface area contributed by atoms with Gasteiger partial charge in [0.15, 0.2) is 12.4 Å². The molecule has 0 radical (unpaired) electrons. The first-order chi connectivity index (χ1) is 14.3. The van der Waals surface area contributed by atoms with E-state index in [1.165, 1.54) is 18.2 Å². The minimum atomic E-state index is -4.45. The van der Waals surface area contributed by atoms with Gasteiger partial charge >= 0.3 is 12.1 Å². The zero-order valence-electron chi connectivity index (χ0n) is 16.7. The summed E-state index contributed by atoms with van der Waals surface area (Å²) in [6, 6.07) is 4.47. The zero-order valence-corrected chi connectivity index (χ0v) is 16.7. The van der Waals surface area contributed by atoms with Crippen LogP contribution >= 0.6 is 0 Å². The smallest absolute Gasteiger partial charge is 0.416 e. The maximum absolute atomic E-state index is 12.7. The molecule has 1 aliphatic carbocycles. The van der Waals surface area contributed by atoms with Gasteiger partial charge in [-0.25, -0.2) is 0 Å². The predicted molar refractivity (Wildman–Crippen MR) is 107 cm³/mol. The van der Waals surface area contributed by atoms with Gasteiger partial charge in [-0.1, -0.05) is 30.7 Å². The number of carbonyl (C=O) groups is 2. The molecule has 0 spiro atoms. The van der Waals surface area contributed by atoms with E-state index in [4.69, 9.17) is 9.84 Å². The van der Waals surface area contributed by atoms with Gasteiger partial charge in [-0.15, -0.1) is 0 Å². The van der Waals surface area contributed by atoms with Gasteiger partial charge in [-0.05, 0) is 68.2 Å². The summed E-state index contributed by atoms with van der Waals surface area (Å²) in [7, 11) is 0. The molecule has 0 bridgehead atoms. The van der Waals surface area contributed by atoms with Crippen molar-refractivity contribution in [2.45, 2.75) is 51.1 Å². The summed E-state index contributed by atoms with van der Waals surface area (Å²) in [4.78, 5) is 22.5. The van der Waals surface area contributed by atoms with Crippen LogP contribution in [0, 0.1) is 11.8 Å². The molecule has 0 saturated heterocycles. The summed E-state index contributed by atoms with van der Waals surface area (Å²) >= 11 is 0. The number of rotatable bonds is 11. The van der Waals surface area contributed by atoms with Crippen molar-refractivity contribution in [2.24, 2.45) is 11.8 Å². The van der Waals surface area contributed by atoms with Gasteiger partial charge in [0.25, 0.3) is 0 Å². The Balaban J connectivity index is 1.77. The second-order valence-corrected chi connectivity index (χ2v) is 7.49. The van der Waals surface area contributed by atoms with Gasteiger partial charge in [0.1, 0.15) is 5.75 Å². The van der Waals surface area contributed by atoms with Crippen molar-refractivity contribution in [3.8, 4) is 5.75 Å². The number of aliphatic carboxylic acids is 1. The molecule has 2 rings (SSSR count). The standard InChI is InChI=1S/C23H27F3O4/c24-23(25,26)19-10-6-11-21(15-19)30-16-20(27)14-13-18-9-5-8-17(18)7-3-1-2-4-12-22(28)29/h1,3,6,10-11,13-15,17-18H,2,4-5,7-9,12,16H2,(H,28,29)/b3-1-,14-13+/t17-,18+/m0/s1. The molecule has 1 fully saturated rings. The number of carboxylic acid groups (broad SMARTS) is 1. The molecule has 4 nitrogen and oxygen atoms in total. The highest BCUT2D eigenvalue weighted by Gasteiger charge is 2.30. The Hall–Kier alpha value is -2.57. The Morgan fingerprint density at radius 3 is 2.73 bits per heavy atom. The van der Waals surface area contributed by atoms with Crippen LogP contribution in [-0.2, 0) is 15.8 Å². The van der Waals surface area contributed by atoms with Crippen LogP contribution in [0.4, 0.5) is 13.2 Å². The summed E-state index contributed by atoms with van der Waals surface area (Å²) < 4.78 is 43.4. The Labute approximate surface area is 174 Å². The molecule has 1 aromatic rings. The molecule has 0 heterocycles. The van der Waals surface area contributed by atoms with Crippen LogP contribution in [0.3, 0.4) is 0 Å². The third-order valence-electron chi connectivity index (χ3n) is 5.16. The summed E-state index contributed by atoms with van der Waals surface area (Å²) in [5.41, 5.74) is -0.812. The van der Waals surface area contributed by atoms with Crippen LogP contribution in [-0.4, -0.2) is 23.5 Å². The number of carboxylic acids is 1. The van der Waals surface area contributed by atoms with Crippen LogP contribution in [0.25, 0.3) is 0 Å². The molecule has 1 N–H and O–H groups in total. The molecule has 30 heavy (non-hydrogen) atoms. The highest BCUT2D eigenvalue weighted by Crippen LogP contribution is 2.35. The normalized spacial score (nSPS) is 19.6. The Bertz CT molecular complexity index is 768. The van der Waals surface area contributed by atoms with E-state index < -0.39 is 17.7 Å². The minimum absolute atomic E-state index is 0.0124. The number of unbranched alkanes of at least 4 members (excludes halogenated alkanes) is 1. The van der Waals surface area contributed by atoms with Crippen LogP contribution in [0.5, 0.6) is 5.75 Å². The summed E-state index contributed by atoms with van der Waals surface area (Å²) in [6.07, 6.45) is 8.56. The lowest BCUT2D eigenvalue weighted by Gasteiger charge is -2.14. The SMILES string of the molecule is O=C(O)CCC/C=C\C[C@H]1CCC[C@@H]1/C=C/C(=O)COc1cccc(C(F)(F)F)c1. The number of hydrogen-bond donors (Lipinski definition) is 1. The molecule has 0 aromatic heterocycles. The van der Waals surface area contributed by atoms with Crippen molar-refractivity contribution in [3.05, 3.63) is 54.1 Å².